The average molecular weight is 179 g/mol. The van der Waals surface area contributed by atoms with Crippen LogP contribution in [0.3, 0.4) is 0 Å². The molecule has 1 heteroatoms. The van der Waals surface area contributed by atoms with E-state index in [2.05, 4.69) is 44.2 Å². The Morgan fingerprint density at radius 1 is 1.15 bits per heavy atom. The van der Waals surface area contributed by atoms with E-state index in [1.165, 1.54) is 24.8 Å². The molecule has 13 heavy (non-hydrogen) atoms. The van der Waals surface area contributed by atoms with Gasteiger partial charge in [-0.3, -0.25) is 0 Å². The molecule has 0 spiro atoms. The zero-order valence-electron chi connectivity index (χ0n) is 8.79. The van der Waals surface area contributed by atoms with Crippen molar-refractivity contribution in [2.24, 2.45) is 0 Å². The van der Waals surface area contributed by atoms with Crippen LogP contribution in [-0.2, 0) is 0 Å². The summed E-state index contributed by atoms with van der Waals surface area (Å²) in [5.74, 6) is 0.728. The Morgan fingerprint density at radius 3 is 2.31 bits per heavy atom. The highest BCUT2D eigenvalue weighted by atomic mass is 14.1. The molecule has 0 amide bonds. The van der Waals surface area contributed by atoms with E-state index in [-0.39, 0.29) is 6.15 Å². The van der Waals surface area contributed by atoms with E-state index in [0.717, 1.165) is 5.92 Å². The highest BCUT2D eigenvalue weighted by Crippen LogP contribution is 2.20. The van der Waals surface area contributed by atoms with Crippen molar-refractivity contribution in [3.63, 3.8) is 0 Å². The van der Waals surface area contributed by atoms with Crippen molar-refractivity contribution in [3.05, 3.63) is 35.9 Å². The minimum atomic E-state index is 0. The average Bonchev–Trinajstić information content (AvgIpc) is 2.15. The maximum absolute atomic E-state index is 2.31. The van der Waals surface area contributed by atoms with Gasteiger partial charge in [-0.1, -0.05) is 57.0 Å². The lowest BCUT2D eigenvalue weighted by molar-refractivity contribution is 0.624. The summed E-state index contributed by atoms with van der Waals surface area (Å²) in [6.07, 6.45) is 3.97. The van der Waals surface area contributed by atoms with Crippen LogP contribution in [0.15, 0.2) is 30.3 Å². The van der Waals surface area contributed by atoms with Gasteiger partial charge in [0.15, 0.2) is 0 Å². The lowest BCUT2D eigenvalue weighted by Crippen LogP contribution is -1.92. The topological polar surface area (TPSA) is 35.0 Å². The van der Waals surface area contributed by atoms with Crippen LogP contribution in [-0.4, -0.2) is 0 Å². The van der Waals surface area contributed by atoms with E-state index in [1.807, 2.05) is 0 Å². The third-order valence-electron chi connectivity index (χ3n) is 2.36. The van der Waals surface area contributed by atoms with Crippen LogP contribution in [0, 0.1) is 0 Å². The molecule has 1 atom stereocenters. The lowest BCUT2D eigenvalue weighted by atomic mass is 9.96. The number of benzene rings is 1. The molecule has 0 saturated carbocycles. The van der Waals surface area contributed by atoms with Gasteiger partial charge in [0.2, 0.25) is 0 Å². The molecular formula is C12H21N. The second kappa shape index (κ2) is 6.67. The molecule has 1 nitrogen and oxygen atoms in total. The fraction of sp³-hybridized carbons (Fsp3) is 0.500. The van der Waals surface area contributed by atoms with Crippen molar-refractivity contribution in [1.29, 1.82) is 0 Å². The van der Waals surface area contributed by atoms with Crippen LogP contribution in [0.25, 0.3) is 0 Å². The third-order valence-corrected chi connectivity index (χ3v) is 2.36. The van der Waals surface area contributed by atoms with Crippen molar-refractivity contribution in [1.82, 2.24) is 6.15 Å². The number of hydrogen-bond donors (Lipinski definition) is 1. The van der Waals surface area contributed by atoms with E-state index >= 15 is 0 Å². The molecule has 0 aliphatic carbocycles. The predicted molar refractivity (Wildman–Crippen MR) is 59.4 cm³/mol. The standard InChI is InChI=1S/C12H18.H3N/c1-3-4-8-11(2)12-9-6-5-7-10-12;/h5-7,9-11H,3-4,8H2,1-2H3;1H3. The molecule has 1 aromatic rings. The molecule has 0 radical (unpaired) electrons. The summed E-state index contributed by atoms with van der Waals surface area (Å²) in [5.41, 5.74) is 1.48. The summed E-state index contributed by atoms with van der Waals surface area (Å²) in [4.78, 5) is 0. The summed E-state index contributed by atoms with van der Waals surface area (Å²) in [6, 6.07) is 10.8. The maximum atomic E-state index is 2.31. The Kier molecular flexibility index (Phi) is 6.25. The summed E-state index contributed by atoms with van der Waals surface area (Å²) in [7, 11) is 0. The molecule has 74 valence electrons. The van der Waals surface area contributed by atoms with Crippen molar-refractivity contribution in [3.8, 4) is 0 Å². The van der Waals surface area contributed by atoms with E-state index < -0.39 is 0 Å². The molecule has 0 aromatic heterocycles. The molecule has 1 aromatic carbocycles. The number of unbranched alkanes of at least 4 members (excludes halogenated alkanes) is 1. The van der Waals surface area contributed by atoms with E-state index in [0.29, 0.717) is 0 Å². The van der Waals surface area contributed by atoms with Gasteiger partial charge >= 0.3 is 0 Å². The first-order valence-electron chi connectivity index (χ1n) is 4.89. The Hall–Kier alpha value is -0.820. The van der Waals surface area contributed by atoms with Gasteiger partial charge in [0, 0.05) is 0 Å². The van der Waals surface area contributed by atoms with Crippen LogP contribution in [0.4, 0.5) is 0 Å². The van der Waals surface area contributed by atoms with Crippen LogP contribution in [0.5, 0.6) is 0 Å². The first kappa shape index (κ1) is 12.2. The smallest absolute Gasteiger partial charge is 0.0190 e. The molecule has 3 N–H and O–H groups in total. The normalized spacial score (nSPS) is 11.8. The first-order chi connectivity index (χ1) is 5.84. The van der Waals surface area contributed by atoms with Crippen LogP contribution in [0.1, 0.15) is 44.6 Å². The van der Waals surface area contributed by atoms with Gasteiger partial charge in [-0.05, 0) is 17.9 Å². The summed E-state index contributed by atoms with van der Waals surface area (Å²) in [5, 5.41) is 0. The molecule has 0 heterocycles. The fourth-order valence-electron chi connectivity index (χ4n) is 1.46. The number of hydrogen-bond acceptors (Lipinski definition) is 1. The highest BCUT2D eigenvalue weighted by Gasteiger charge is 2.02. The molecular weight excluding hydrogens is 158 g/mol. The second-order valence-electron chi connectivity index (χ2n) is 3.45. The SMILES string of the molecule is CCCCC(C)c1ccccc1.N. The summed E-state index contributed by atoms with van der Waals surface area (Å²) < 4.78 is 0. The Labute approximate surface area is 81.8 Å². The van der Waals surface area contributed by atoms with Gasteiger partial charge in [-0.2, -0.15) is 0 Å². The third kappa shape index (κ3) is 4.09. The van der Waals surface area contributed by atoms with Crippen LogP contribution >= 0.6 is 0 Å². The van der Waals surface area contributed by atoms with Crippen molar-refractivity contribution >= 4 is 0 Å². The number of rotatable bonds is 4. The predicted octanol–water partition coefficient (Wildman–Crippen LogP) is 4.14. The summed E-state index contributed by atoms with van der Waals surface area (Å²) >= 11 is 0. The zero-order chi connectivity index (χ0) is 8.81. The van der Waals surface area contributed by atoms with Crippen LogP contribution in [0.2, 0.25) is 0 Å². The molecule has 1 rings (SSSR count). The zero-order valence-corrected chi connectivity index (χ0v) is 8.79. The van der Waals surface area contributed by atoms with Gasteiger partial charge in [0.1, 0.15) is 0 Å². The highest BCUT2D eigenvalue weighted by molar-refractivity contribution is 5.18. The maximum Gasteiger partial charge on any atom is -0.0190 e. The lowest BCUT2D eigenvalue weighted by Gasteiger charge is -2.10. The van der Waals surface area contributed by atoms with Crippen LogP contribution < -0.4 is 6.15 Å². The summed E-state index contributed by atoms with van der Waals surface area (Å²) in [6.45, 7) is 4.56. The fourth-order valence-corrected chi connectivity index (χ4v) is 1.46. The minimum absolute atomic E-state index is 0. The Bertz CT molecular complexity index is 206. The molecule has 0 aliphatic rings. The largest absolute Gasteiger partial charge is 0.344 e. The first-order valence-corrected chi connectivity index (χ1v) is 4.89. The Morgan fingerprint density at radius 2 is 1.77 bits per heavy atom. The van der Waals surface area contributed by atoms with E-state index in [4.69, 9.17) is 0 Å². The van der Waals surface area contributed by atoms with E-state index in [1.54, 1.807) is 0 Å². The van der Waals surface area contributed by atoms with E-state index in [9.17, 15) is 0 Å². The minimum Gasteiger partial charge on any atom is -0.344 e. The molecule has 0 saturated heterocycles. The monoisotopic (exact) mass is 179 g/mol. The van der Waals surface area contributed by atoms with Crippen molar-refractivity contribution in [2.45, 2.75) is 39.0 Å². The van der Waals surface area contributed by atoms with Gasteiger partial charge < -0.3 is 6.15 Å². The van der Waals surface area contributed by atoms with Gasteiger partial charge in [0.05, 0.1) is 0 Å². The van der Waals surface area contributed by atoms with Gasteiger partial charge in [-0.25, -0.2) is 0 Å². The molecule has 1 unspecified atom stereocenters. The molecule has 0 fully saturated rings. The van der Waals surface area contributed by atoms with Crippen molar-refractivity contribution < 1.29 is 0 Å². The van der Waals surface area contributed by atoms with Gasteiger partial charge in [0.25, 0.3) is 0 Å². The quantitative estimate of drug-likeness (QED) is 0.740. The van der Waals surface area contributed by atoms with Crippen molar-refractivity contribution in [2.75, 3.05) is 0 Å². The molecule has 0 bridgehead atoms. The second-order valence-corrected chi connectivity index (χ2v) is 3.45. The van der Waals surface area contributed by atoms with Gasteiger partial charge in [-0.15, -0.1) is 0 Å². The Balaban J connectivity index is 0.00000144. The molecule has 0 aliphatic heterocycles.